The lowest BCUT2D eigenvalue weighted by Crippen LogP contribution is -1.69. The zero-order valence-corrected chi connectivity index (χ0v) is 6.40. The van der Waals surface area contributed by atoms with Crippen LogP contribution in [0.1, 0.15) is 17.6 Å². The molecule has 2 heteroatoms. The summed E-state index contributed by atoms with van der Waals surface area (Å²) < 4.78 is 0. The molecule has 0 saturated heterocycles. The molecule has 0 aliphatic carbocycles. The van der Waals surface area contributed by atoms with Gasteiger partial charge in [-0.25, -0.2) is 4.98 Å². The average molecular weight is 139 g/mol. The lowest BCUT2D eigenvalue weighted by atomic mass is 10.4. The van der Waals surface area contributed by atoms with Gasteiger partial charge in [0.05, 0.1) is 10.7 Å². The van der Waals surface area contributed by atoms with E-state index in [2.05, 4.69) is 10.4 Å². The van der Waals surface area contributed by atoms with Crippen LogP contribution in [0.2, 0.25) is 0 Å². The second-order valence-corrected chi connectivity index (χ2v) is 2.85. The molecule has 1 heterocycles. The Morgan fingerprint density at radius 3 is 2.89 bits per heavy atom. The predicted molar refractivity (Wildman–Crippen MR) is 41.6 cm³/mol. The van der Waals surface area contributed by atoms with Crippen molar-refractivity contribution in [2.75, 3.05) is 0 Å². The van der Waals surface area contributed by atoms with Crippen LogP contribution < -0.4 is 0 Å². The van der Waals surface area contributed by atoms with Gasteiger partial charge in [-0.05, 0) is 19.9 Å². The molecule has 0 radical (unpaired) electrons. The van der Waals surface area contributed by atoms with Crippen LogP contribution in [0.5, 0.6) is 0 Å². The summed E-state index contributed by atoms with van der Waals surface area (Å²) in [6.45, 7) is 4.01. The van der Waals surface area contributed by atoms with E-state index in [1.165, 1.54) is 0 Å². The van der Waals surface area contributed by atoms with Gasteiger partial charge in [-0.3, -0.25) is 0 Å². The Labute approximate surface area is 59.1 Å². The Balaban J connectivity index is 2.85. The minimum absolute atomic E-state index is 1.07. The lowest BCUT2D eigenvalue weighted by Gasteiger charge is -1.76. The van der Waals surface area contributed by atoms with Crippen LogP contribution in [0.3, 0.4) is 0 Å². The van der Waals surface area contributed by atoms with Gasteiger partial charge in [0.2, 0.25) is 0 Å². The first kappa shape index (κ1) is 6.49. The minimum Gasteiger partial charge on any atom is -0.242 e. The van der Waals surface area contributed by atoms with Gasteiger partial charge >= 0.3 is 0 Å². The topological polar surface area (TPSA) is 12.9 Å². The number of hydrogen-bond acceptors (Lipinski definition) is 2. The normalized spacial score (nSPS) is 10.9. The average Bonchev–Trinajstić information content (AvgIpc) is 2.17. The SMILES string of the molecule is C/C=C/c1csc(C)n1. The molecule has 0 fully saturated rings. The summed E-state index contributed by atoms with van der Waals surface area (Å²) in [5.74, 6) is 0. The number of rotatable bonds is 1. The number of aryl methyl sites for hydroxylation is 1. The standard InChI is InChI=1S/C7H9NS/c1-3-4-7-5-9-6(2)8-7/h3-5H,1-2H3/b4-3+. The lowest BCUT2D eigenvalue weighted by molar-refractivity contribution is 1.27. The van der Waals surface area contributed by atoms with Crippen molar-refractivity contribution in [1.29, 1.82) is 0 Å². The van der Waals surface area contributed by atoms with E-state index in [1.54, 1.807) is 11.3 Å². The fourth-order valence-electron chi connectivity index (χ4n) is 0.627. The minimum atomic E-state index is 1.07. The Bertz CT molecular complexity index is 212. The molecule has 0 unspecified atom stereocenters. The van der Waals surface area contributed by atoms with Gasteiger partial charge < -0.3 is 0 Å². The van der Waals surface area contributed by atoms with Crippen LogP contribution in [0.4, 0.5) is 0 Å². The molecule has 1 aromatic heterocycles. The van der Waals surface area contributed by atoms with E-state index in [0.29, 0.717) is 0 Å². The maximum Gasteiger partial charge on any atom is 0.0901 e. The number of allylic oxidation sites excluding steroid dienone is 1. The first-order valence-electron chi connectivity index (χ1n) is 2.88. The van der Waals surface area contributed by atoms with Crippen LogP contribution in [0, 0.1) is 6.92 Å². The van der Waals surface area contributed by atoms with Gasteiger partial charge in [0.1, 0.15) is 0 Å². The van der Waals surface area contributed by atoms with Crippen molar-refractivity contribution >= 4 is 17.4 Å². The second kappa shape index (κ2) is 2.78. The summed E-state index contributed by atoms with van der Waals surface area (Å²) in [6.07, 6.45) is 4.00. The summed E-state index contributed by atoms with van der Waals surface area (Å²) in [5.41, 5.74) is 1.07. The predicted octanol–water partition coefficient (Wildman–Crippen LogP) is 2.48. The van der Waals surface area contributed by atoms with Crippen molar-refractivity contribution in [3.8, 4) is 0 Å². The van der Waals surface area contributed by atoms with Gasteiger partial charge in [-0.15, -0.1) is 11.3 Å². The van der Waals surface area contributed by atoms with Gasteiger partial charge in [-0.2, -0.15) is 0 Å². The molecule has 0 aliphatic rings. The van der Waals surface area contributed by atoms with E-state index in [-0.39, 0.29) is 0 Å². The highest BCUT2D eigenvalue weighted by molar-refractivity contribution is 7.09. The van der Waals surface area contributed by atoms with Crippen molar-refractivity contribution in [2.24, 2.45) is 0 Å². The molecular formula is C7H9NS. The maximum atomic E-state index is 4.23. The van der Waals surface area contributed by atoms with Crippen molar-refractivity contribution in [2.45, 2.75) is 13.8 Å². The van der Waals surface area contributed by atoms with Gasteiger partial charge in [0.25, 0.3) is 0 Å². The third kappa shape index (κ3) is 1.64. The van der Waals surface area contributed by atoms with Crippen molar-refractivity contribution < 1.29 is 0 Å². The molecule has 0 atom stereocenters. The number of thiazole rings is 1. The number of nitrogens with zero attached hydrogens (tertiary/aromatic N) is 1. The molecule has 0 bridgehead atoms. The van der Waals surface area contributed by atoms with Crippen molar-refractivity contribution in [3.05, 3.63) is 22.2 Å². The van der Waals surface area contributed by atoms with Crippen LogP contribution in [0.15, 0.2) is 11.5 Å². The molecule has 0 spiro atoms. The highest BCUT2D eigenvalue weighted by Gasteiger charge is 1.89. The van der Waals surface area contributed by atoms with E-state index >= 15 is 0 Å². The van der Waals surface area contributed by atoms with Crippen LogP contribution in [0.25, 0.3) is 6.08 Å². The Morgan fingerprint density at radius 2 is 2.44 bits per heavy atom. The van der Waals surface area contributed by atoms with E-state index in [1.807, 2.05) is 26.0 Å². The van der Waals surface area contributed by atoms with Gasteiger partial charge in [0, 0.05) is 5.38 Å². The van der Waals surface area contributed by atoms with Crippen molar-refractivity contribution in [1.82, 2.24) is 4.98 Å². The molecule has 0 aromatic carbocycles. The summed E-state index contributed by atoms with van der Waals surface area (Å²) in [7, 11) is 0. The van der Waals surface area contributed by atoms with Crippen molar-refractivity contribution in [3.63, 3.8) is 0 Å². The number of aromatic nitrogens is 1. The smallest absolute Gasteiger partial charge is 0.0901 e. The first-order valence-corrected chi connectivity index (χ1v) is 3.75. The zero-order valence-electron chi connectivity index (χ0n) is 5.59. The highest BCUT2D eigenvalue weighted by atomic mass is 32.1. The molecule has 48 valence electrons. The van der Waals surface area contributed by atoms with Crippen LogP contribution in [-0.4, -0.2) is 4.98 Å². The van der Waals surface area contributed by atoms with Gasteiger partial charge in [0.15, 0.2) is 0 Å². The largest absolute Gasteiger partial charge is 0.242 e. The zero-order chi connectivity index (χ0) is 6.69. The molecule has 0 N–H and O–H groups in total. The van der Waals surface area contributed by atoms with Gasteiger partial charge in [-0.1, -0.05) is 6.08 Å². The summed E-state index contributed by atoms with van der Waals surface area (Å²) in [6, 6.07) is 0. The summed E-state index contributed by atoms with van der Waals surface area (Å²) >= 11 is 1.68. The molecular weight excluding hydrogens is 130 g/mol. The van der Waals surface area contributed by atoms with Crippen LogP contribution >= 0.6 is 11.3 Å². The van der Waals surface area contributed by atoms with E-state index < -0.39 is 0 Å². The first-order chi connectivity index (χ1) is 4.33. The molecule has 1 nitrogen and oxygen atoms in total. The second-order valence-electron chi connectivity index (χ2n) is 1.79. The number of hydrogen-bond donors (Lipinski definition) is 0. The Kier molecular flexibility index (Phi) is 2.01. The third-order valence-electron chi connectivity index (χ3n) is 0.974. The van der Waals surface area contributed by atoms with E-state index in [9.17, 15) is 0 Å². The molecule has 0 saturated carbocycles. The highest BCUT2D eigenvalue weighted by Crippen LogP contribution is 2.08. The monoisotopic (exact) mass is 139 g/mol. The quantitative estimate of drug-likeness (QED) is 0.582. The fourth-order valence-corrected chi connectivity index (χ4v) is 1.21. The van der Waals surface area contributed by atoms with E-state index in [0.717, 1.165) is 10.7 Å². The third-order valence-corrected chi connectivity index (χ3v) is 1.77. The Hall–Kier alpha value is -0.630. The fraction of sp³-hybridized carbons (Fsp3) is 0.286. The molecule has 0 amide bonds. The Morgan fingerprint density at radius 1 is 1.67 bits per heavy atom. The molecule has 1 rings (SSSR count). The molecule has 1 aromatic rings. The molecule has 0 aliphatic heterocycles. The maximum absolute atomic E-state index is 4.23. The molecule has 9 heavy (non-hydrogen) atoms. The summed E-state index contributed by atoms with van der Waals surface area (Å²) in [5, 5.41) is 3.18. The summed E-state index contributed by atoms with van der Waals surface area (Å²) in [4.78, 5) is 4.23. The van der Waals surface area contributed by atoms with E-state index in [4.69, 9.17) is 0 Å². The van der Waals surface area contributed by atoms with Crippen LogP contribution in [-0.2, 0) is 0 Å².